The second-order valence-electron chi connectivity index (χ2n) is 3.39. The van der Waals surface area contributed by atoms with E-state index in [1.807, 2.05) is 13.0 Å². The van der Waals surface area contributed by atoms with Gasteiger partial charge in [-0.2, -0.15) is 0 Å². The molecule has 0 aromatic heterocycles. The third-order valence-electron chi connectivity index (χ3n) is 2.16. The lowest BCUT2D eigenvalue weighted by Gasteiger charge is -2.16. The molecule has 2 unspecified atom stereocenters. The number of hydrogen-bond donors (Lipinski definition) is 2. The summed E-state index contributed by atoms with van der Waals surface area (Å²) < 4.78 is 5.30. The van der Waals surface area contributed by atoms with E-state index >= 15 is 0 Å². The average molecular weight is 230 g/mol. The van der Waals surface area contributed by atoms with Crippen molar-refractivity contribution in [2.24, 2.45) is 5.73 Å². The fourth-order valence-corrected chi connectivity index (χ4v) is 1.52. The van der Waals surface area contributed by atoms with E-state index in [0.29, 0.717) is 17.4 Å². The van der Waals surface area contributed by atoms with Gasteiger partial charge in [0.2, 0.25) is 0 Å². The normalized spacial score (nSPS) is 14.7. The smallest absolute Gasteiger partial charge is 0.137 e. The Morgan fingerprint density at radius 1 is 1.53 bits per heavy atom. The lowest BCUT2D eigenvalue weighted by atomic mass is 10.0. The molecule has 0 aliphatic rings. The lowest BCUT2D eigenvalue weighted by molar-refractivity contribution is 0.164. The van der Waals surface area contributed by atoms with Crippen molar-refractivity contribution in [1.82, 2.24) is 0 Å². The molecule has 84 valence electrons. The van der Waals surface area contributed by atoms with Gasteiger partial charge < -0.3 is 15.6 Å². The summed E-state index contributed by atoms with van der Waals surface area (Å²) in [5.74, 6) is 0.640. The maximum atomic E-state index is 9.34. The lowest BCUT2D eigenvalue weighted by Crippen LogP contribution is -2.23. The molecule has 0 amide bonds. The maximum Gasteiger partial charge on any atom is 0.137 e. The summed E-state index contributed by atoms with van der Waals surface area (Å²) in [5, 5.41) is 9.86. The quantitative estimate of drug-likeness (QED) is 0.832. The molecule has 15 heavy (non-hydrogen) atoms. The third kappa shape index (κ3) is 3.09. The predicted octanol–water partition coefficient (Wildman–Crippen LogP) is 2.12. The van der Waals surface area contributed by atoms with Gasteiger partial charge in [0.15, 0.2) is 0 Å². The first-order valence-electron chi connectivity index (χ1n) is 4.92. The van der Waals surface area contributed by atoms with Gasteiger partial charge in [-0.3, -0.25) is 0 Å². The Bertz CT molecular complexity index is 328. The number of hydrogen-bond acceptors (Lipinski definition) is 3. The van der Waals surface area contributed by atoms with Crippen molar-refractivity contribution >= 4 is 11.6 Å². The Kier molecular flexibility index (Phi) is 4.39. The molecule has 1 aromatic rings. The fraction of sp³-hybridized carbons (Fsp3) is 0.455. The highest BCUT2D eigenvalue weighted by molar-refractivity contribution is 6.32. The molecule has 0 spiro atoms. The minimum Gasteiger partial charge on any atom is -0.492 e. The van der Waals surface area contributed by atoms with E-state index in [9.17, 15) is 5.11 Å². The summed E-state index contributed by atoms with van der Waals surface area (Å²) in [6.45, 7) is 4.11. The molecule has 3 nitrogen and oxygen atoms in total. The molecule has 0 aliphatic heterocycles. The summed E-state index contributed by atoms with van der Waals surface area (Å²) in [7, 11) is 0. The molecule has 1 rings (SSSR count). The van der Waals surface area contributed by atoms with Crippen LogP contribution in [0.2, 0.25) is 5.02 Å². The van der Waals surface area contributed by atoms with Gasteiger partial charge >= 0.3 is 0 Å². The minimum atomic E-state index is -0.598. The van der Waals surface area contributed by atoms with Gasteiger partial charge in [-0.1, -0.05) is 17.7 Å². The molecule has 3 N–H and O–H groups in total. The molecule has 4 heteroatoms. The van der Waals surface area contributed by atoms with Crippen LogP contribution in [0.1, 0.15) is 25.5 Å². The Morgan fingerprint density at radius 2 is 2.20 bits per heavy atom. The van der Waals surface area contributed by atoms with Gasteiger partial charge in [0, 0.05) is 0 Å². The van der Waals surface area contributed by atoms with Crippen LogP contribution in [0.15, 0.2) is 18.2 Å². The van der Waals surface area contributed by atoms with Crippen molar-refractivity contribution in [3.05, 3.63) is 28.8 Å². The van der Waals surface area contributed by atoms with Crippen LogP contribution in [-0.2, 0) is 0 Å². The zero-order chi connectivity index (χ0) is 11.4. The monoisotopic (exact) mass is 229 g/mol. The van der Waals surface area contributed by atoms with E-state index in [2.05, 4.69) is 0 Å². The molecule has 0 saturated heterocycles. The second-order valence-corrected chi connectivity index (χ2v) is 3.80. The van der Waals surface area contributed by atoms with Crippen LogP contribution in [0, 0.1) is 0 Å². The Labute approximate surface area is 94.8 Å². The number of halogens is 1. The average Bonchev–Trinajstić information content (AvgIpc) is 2.20. The van der Waals surface area contributed by atoms with Crippen LogP contribution in [0.5, 0.6) is 5.75 Å². The van der Waals surface area contributed by atoms with Crippen LogP contribution in [0.25, 0.3) is 0 Å². The van der Waals surface area contributed by atoms with Crippen LogP contribution in [0.3, 0.4) is 0 Å². The van der Waals surface area contributed by atoms with Gasteiger partial charge in [0.1, 0.15) is 5.75 Å². The number of ether oxygens (including phenoxy) is 1. The molecular weight excluding hydrogens is 214 g/mol. The van der Waals surface area contributed by atoms with E-state index in [1.165, 1.54) is 0 Å². The Hall–Kier alpha value is -0.770. The van der Waals surface area contributed by atoms with Crippen molar-refractivity contribution in [1.29, 1.82) is 0 Å². The second kappa shape index (κ2) is 5.35. The molecule has 0 radical (unpaired) electrons. The van der Waals surface area contributed by atoms with Crippen LogP contribution < -0.4 is 10.5 Å². The van der Waals surface area contributed by atoms with E-state index in [0.717, 1.165) is 5.56 Å². The van der Waals surface area contributed by atoms with Crippen molar-refractivity contribution in [3.8, 4) is 5.75 Å². The topological polar surface area (TPSA) is 55.5 Å². The van der Waals surface area contributed by atoms with Crippen LogP contribution in [0.4, 0.5) is 0 Å². The van der Waals surface area contributed by atoms with E-state index in [4.69, 9.17) is 22.1 Å². The zero-order valence-electron chi connectivity index (χ0n) is 8.90. The highest BCUT2D eigenvalue weighted by Gasteiger charge is 2.13. The molecule has 0 heterocycles. The molecular formula is C11H16ClNO2. The van der Waals surface area contributed by atoms with Crippen molar-refractivity contribution in [2.75, 3.05) is 6.61 Å². The first-order chi connectivity index (χ1) is 7.06. The Morgan fingerprint density at radius 3 is 2.67 bits per heavy atom. The largest absolute Gasteiger partial charge is 0.492 e. The maximum absolute atomic E-state index is 9.34. The molecule has 0 saturated carbocycles. The van der Waals surface area contributed by atoms with Gasteiger partial charge in [-0.25, -0.2) is 0 Å². The minimum absolute atomic E-state index is 0.418. The highest BCUT2D eigenvalue weighted by Crippen LogP contribution is 2.28. The van der Waals surface area contributed by atoms with Crippen LogP contribution in [-0.4, -0.2) is 17.8 Å². The number of aliphatic hydroxyl groups is 1. The van der Waals surface area contributed by atoms with Crippen molar-refractivity contribution in [2.45, 2.75) is 26.0 Å². The van der Waals surface area contributed by atoms with Gasteiger partial charge in [-0.05, 0) is 31.5 Å². The van der Waals surface area contributed by atoms with Gasteiger partial charge in [0.05, 0.1) is 23.8 Å². The number of rotatable bonds is 4. The standard InChI is InChI=1S/C11H16ClNO2/c1-3-15-10-5-4-8(6-9(10)12)11(13)7(2)14/h4-7,11,14H,3,13H2,1-2H3. The van der Waals surface area contributed by atoms with Gasteiger partial charge in [-0.15, -0.1) is 0 Å². The SMILES string of the molecule is CCOc1ccc(C(N)C(C)O)cc1Cl. The molecule has 0 aliphatic carbocycles. The third-order valence-corrected chi connectivity index (χ3v) is 2.46. The van der Waals surface area contributed by atoms with E-state index < -0.39 is 12.1 Å². The summed E-state index contributed by atoms with van der Waals surface area (Å²) in [6.07, 6.45) is -0.598. The van der Waals surface area contributed by atoms with Crippen molar-refractivity contribution < 1.29 is 9.84 Å². The Balaban J connectivity index is 2.90. The predicted molar refractivity (Wildman–Crippen MR) is 61.2 cm³/mol. The fourth-order valence-electron chi connectivity index (χ4n) is 1.28. The number of aliphatic hydroxyl groups excluding tert-OH is 1. The molecule has 1 aromatic carbocycles. The molecule has 0 bridgehead atoms. The van der Waals surface area contributed by atoms with Crippen LogP contribution >= 0.6 is 11.6 Å². The molecule has 2 atom stereocenters. The van der Waals surface area contributed by atoms with Gasteiger partial charge in [0.25, 0.3) is 0 Å². The van der Waals surface area contributed by atoms with Crippen molar-refractivity contribution in [3.63, 3.8) is 0 Å². The zero-order valence-corrected chi connectivity index (χ0v) is 9.66. The highest BCUT2D eigenvalue weighted by atomic mass is 35.5. The van der Waals surface area contributed by atoms with E-state index in [-0.39, 0.29) is 0 Å². The first kappa shape index (κ1) is 12.3. The number of nitrogens with two attached hydrogens (primary N) is 1. The summed E-state index contributed by atoms with van der Waals surface area (Å²) in [5.41, 5.74) is 6.59. The summed E-state index contributed by atoms with van der Waals surface area (Å²) in [6, 6.07) is 4.89. The molecule has 0 fully saturated rings. The van der Waals surface area contributed by atoms with E-state index in [1.54, 1.807) is 19.1 Å². The number of benzene rings is 1. The first-order valence-corrected chi connectivity index (χ1v) is 5.30. The summed E-state index contributed by atoms with van der Waals surface area (Å²) in [4.78, 5) is 0. The summed E-state index contributed by atoms with van der Waals surface area (Å²) >= 11 is 5.99.